The first-order chi connectivity index (χ1) is 13.3. The molecule has 28 heavy (non-hydrogen) atoms. The van der Waals surface area contributed by atoms with E-state index in [1.54, 1.807) is 0 Å². The number of amides is 3. The van der Waals surface area contributed by atoms with Gasteiger partial charge in [-0.3, -0.25) is 25.2 Å². The van der Waals surface area contributed by atoms with Gasteiger partial charge in [-0.2, -0.15) is 4.31 Å². The molecule has 0 radical (unpaired) electrons. The van der Waals surface area contributed by atoms with E-state index in [9.17, 15) is 22.8 Å². The number of carbonyl (C=O) groups excluding carboxylic acids is 3. The van der Waals surface area contributed by atoms with Crippen molar-refractivity contribution in [3.63, 3.8) is 0 Å². The van der Waals surface area contributed by atoms with Crippen LogP contribution < -0.4 is 16.2 Å². The fourth-order valence-electron chi connectivity index (χ4n) is 2.90. The minimum absolute atomic E-state index is 0.0137. The van der Waals surface area contributed by atoms with E-state index in [1.807, 2.05) is 0 Å². The highest BCUT2D eigenvalue weighted by Gasteiger charge is 2.31. The minimum Gasteiger partial charge on any atom is -0.344 e. The summed E-state index contributed by atoms with van der Waals surface area (Å²) in [5.74, 6) is -1.31. The second kappa shape index (κ2) is 8.27. The highest BCUT2D eigenvalue weighted by Crippen LogP contribution is 2.28. The Labute approximate surface area is 163 Å². The van der Waals surface area contributed by atoms with Gasteiger partial charge in [0.1, 0.15) is 6.04 Å². The van der Waals surface area contributed by atoms with Crippen molar-refractivity contribution < 1.29 is 22.8 Å². The van der Waals surface area contributed by atoms with E-state index in [0.717, 1.165) is 25.7 Å². The van der Waals surface area contributed by atoms with Gasteiger partial charge in [0.15, 0.2) is 0 Å². The molecule has 1 aliphatic heterocycles. The van der Waals surface area contributed by atoms with Crippen molar-refractivity contribution >= 4 is 27.7 Å². The molecule has 0 spiro atoms. The smallest absolute Gasteiger partial charge is 0.269 e. The first kappa shape index (κ1) is 20.3. The second-order valence-corrected chi connectivity index (χ2v) is 9.02. The van der Waals surface area contributed by atoms with Crippen LogP contribution in [0.2, 0.25) is 0 Å². The quantitative estimate of drug-likeness (QED) is 0.578. The van der Waals surface area contributed by atoms with E-state index in [0.29, 0.717) is 13.1 Å². The highest BCUT2D eigenvalue weighted by molar-refractivity contribution is 7.89. The van der Waals surface area contributed by atoms with Crippen LogP contribution in [0.1, 0.15) is 43.0 Å². The molecule has 3 N–H and O–H groups in total. The Morgan fingerprint density at radius 2 is 1.64 bits per heavy atom. The molecule has 152 valence electrons. The van der Waals surface area contributed by atoms with Gasteiger partial charge in [0.25, 0.3) is 11.8 Å². The first-order valence-electron chi connectivity index (χ1n) is 9.30. The molecule has 1 atom stereocenters. The largest absolute Gasteiger partial charge is 0.344 e. The van der Waals surface area contributed by atoms with Crippen molar-refractivity contribution in [1.29, 1.82) is 0 Å². The molecular formula is C18H24N4O5S. The second-order valence-electron chi connectivity index (χ2n) is 7.08. The Hall–Kier alpha value is -2.46. The number of nitrogens with one attached hydrogen (secondary N) is 3. The molecule has 1 saturated carbocycles. The van der Waals surface area contributed by atoms with E-state index in [-0.39, 0.29) is 22.3 Å². The highest BCUT2D eigenvalue weighted by atomic mass is 32.2. The molecule has 3 amide bonds. The predicted octanol–water partition coefficient (Wildman–Crippen LogP) is 0.147. The maximum atomic E-state index is 12.5. The Kier molecular flexibility index (Phi) is 5.99. The molecule has 10 heteroatoms. The summed E-state index contributed by atoms with van der Waals surface area (Å²) in [6, 6.07) is 4.76. The molecule has 1 aromatic carbocycles. The van der Waals surface area contributed by atoms with Gasteiger partial charge in [-0.15, -0.1) is 0 Å². The summed E-state index contributed by atoms with van der Waals surface area (Å²) in [4.78, 5) is 35.9. The lowest BCUT2D eigenvalue weighted by atomic mass is 10.2. The molecule has 1 saturated heterocycles. The van der Waals surface area contributed by atoms with Crippen molar-refractivity contribution in [2.45, 2.75) is 43.5 Å². The average molecular weight is 408 g/mol. The molecule has 2 fully saturated rings. The number of hydrogen-bond donors (Lipinski definition) is 3. The van der Waals surface area contributed by atoms with Gasteiger partial charge in [0, 0.05) is 24.6 Å². The van der Waals surface area contributed by atoms with Crippen LogP contribution in [0, 0.1) is 5.92 Å². The van der Waals surface area contributed by atoms with E-state index in [2.05, 4.69) is 16.2 Å². The molecule has 2 aliphatic rings. The Bertz CT molecular complexity index is 858. The molecule has 0 aromatic heterocycles. The molecule has 3 rings (SSSR count). The predicted molar refractivity (Wildman–Crippen MR) is 100 cm³/mol. The average Bonchev–Trinajstić information content (AvgIpc) is 3.39. The van der Waals surface area contributed by atoms with Crippen molar-refractivity contribution in [2.75, 3.05) is 13.1 Å². The summed E-state index contributed by atoms with van der Waals surface area (Å²) < 4.78 is 26.4. The van der Waals surface area contributed by atoms with Crippen molar-refractivity contribution in [3.8, 4) is 0 Å². The molecule has 1 aliphatic carbocycles. The molecule has 1 heterocycles. The summed E-state index contributed by atoms with van der Waals surface area (Å²) in [5, 5.41) is 2.58. The Morgan fingerprint density at radius 1 is 1.04 bits per heavy atom. The van der Waals surface area contributed by atoms with Crippen LogP contribution in [0.25, 0.3) is 0 Å². The van der Waals surface area contributed by atoms with Gasteiger partial charge in [0.2, 0.25) is 15.9 Å². The van der Waals surface area contributed by atoms with Gasteiger partial charge < -0.3 is 5.32 Å². The molecular weight excluding hydrogens is 384 g/mol. The number of hydrogen-bond acceptors (Lipinski definition) is 5. The lowest BCUT2D eigenvalue weighted by molar-refractivity contribution is -0.129. The number of benzene rings is 1. The zero-order valence-corrected chi connectivity index (χ0v) is 16.4. The van der Waals surface area contributed by atoms with Crippen LogP contribution in [0.5, 0.6) is 0 Å². The maximum absolute atomic E-state index is 12.5. The zero-order chi connectivity index (χ0) is 20.3. The normalized spacial score (nSPS) is 18.3. The SMILES string of the molecule is C[C@@H](NC(=O)C1CC1)C(=O)NNC(=O)c1ccc(S(=O)(=O)N2CCCC2)cc1. The number of rotatable bonds is 6. The van der Waals surface area contributed by atoms with Crippen molar-refractivity contribution in [1.82, 2.24) is 20.5 Å². The third kappa shape index (κ3) is 4.68. The summed E-state index contributed by atoms with van der Waals surface area (Å²) in [7, 11) is -3.54. The third-order valence-corrected chi connectivity index (χ3v) is 6.73. The van der Waals surface area contributed by atoms with Crippen LogP contribution in [0.3, 0.4) is 0 Å². The van der Waals surface area contributed by atoms with Crippen LogP contribution in [0.4, 0.5) is 0 Å². The van der Waals surface area contributed by atoms with Crippen LogP contribution in [-0.2, 0) is 19.6 Å². The van der Waals surface area contributed by atoms with E-state index >= 15 is 0 Å². The lowest BCUT2D eigenvalue weighted by Gasteiger charge is -2.16. The third-order valence-electron chi connectivity index (χ3n) is 4.82. The van der Waals surface area contributed by atoms with Crippen molar-refractivity contribution in [3.05, 3.63) is 29.8 Å². The molecule has 9 nitrogen and oxygen atoms in total. The first-order valence-corrected chi connectivity index (χ1v) is 10.7. The summed E-state index contributed by atoms with van der Waals surface area (Å²) in [6.45, 7) is 2.54. The Morgan fingerprint density at radius 3 is 2.21 bits per heavy atom. The number of nitrogens with zero attached hydrogens (tertiary/aromatic N) is 1. The lowest BCUT2D eigenvalue weighted by Crippen LogP contribution is -2.51. The Balaban J connectivity index is 1.52. The van der Waals surface area contributed by atoms with Crippen LogP contribution >= 0.6 is 0 Å². The number of sulfonamides is 1. The number of hydrazine groups is 1. The van der Waals surface area contributed by atoms with Crippen LogP contribution in [-0.4, -0.2) is 49.6 Å². The molecule has 0 unspecified atom stereocenters. The monoisotopic (exact) mass is 408 g/mol. The zero-order valence-electron chi connectivity index (χ0n) is 15.6. The van der Waals surface area contributed by atoms with E-state index in [4.69, 9.17) is 0 Å². The standard InChI is InChI=1S/C18H24N4O5S/c1-12(19-17(24)13-4-5-13)16(23)20-21-18(25)14-6-8-15(9-7-14)28(26,27)22-10-2-3-11-22/h6-9,12-13H,2-5,10-11H2,1H3,(H,19,24)(H,20,23)(H,21,25)/t12-/m1/s1. The minimum atomic E-state index is -3.54. The fourth-order valence-corrected chi connectivity index (χ4v) is 4.41. The summed E-state index contributed by atoms with van der Waals surface area (Å²) >= 11 is 0. The van der Waals surface area contributed by atoms with E-state index < -0.39 is 27.9 Å². The maximum Gasteiger partial charge on any atom is 0.269 e. The van der Waals surface area contributed by atoms with Crippen molar-refractivity contribution in [2.24, 2.45) is 5.92 Å². The molecule has 1 aromatic rings. The summed E-state index contributed by atoms with van der Waals surface area (Å²) in [5.41, 5.74) is 4.72. The summed E-state index contributed by atoms with van der Waals surface area (Å²) in [6.07, 6.45) is 3.36. The fraction of sp³-hybridized carbons (Fsp3) is 0.500. The van der Waals surface area contributed by atoms with E-state index in [1.165, 1.54) is 35.5 Å². The van der Waals surface area contributed by atoms with Gasteiger partial charge in [-0.05, 0) is 56.9 Å². The van der Waals surface area contributed by atoms with Crippen LogP contribution in [0.15, 0.2) is 29.2 Å². The van der Waals surface area contributed by atoms with Gasteiger partial charge in [0.05, 0.1) is 4.90 Å². The molecule has 0 bridgehead atoms. The van der Waals surface area contributed by atoms with Gasteiger partial charge in [-0.1, -0.05) is 0 Å². The topological polar surface area (TPSA) is 125 Å². The van der Waals surface area contributed by atoms with Gasteiger partial charge in [-0.25, -0.2) is 8.42 Å². The van der Waals surface area contributed by atoms with Gasteiger partial charge >= 0.3 is 0 Å². The number of carbonyl (C=O) groups is 3.